The molecule has 2 saturated heterocycles. The predicted octanol–water partition coefficient (Wildman–Crippen LogP) is 5.77. The van der Waals surface area contributed by atoms with E-state index in [2.05, 4.69) is 34.6 Å². The Kier molecular flexibility index (Phi) is 7.55. The van der Waals surface area contributed by atoms with Crippen molar-refractivity contribution in [1.29, 1.82) is 0 Å². The Morgan fingerprint density at radius 1 is 1.12 bits per heavy atom. The van der Waals surface area contributed by atoms with Crippen LogP contribution < -0.4 is 15.4 Å². The molecule has 0 radical (unpaired) electrons. The summed E-state index contributed by atoms with van der Waals surface area (Å²) < 4.78 is 29.1. The number of likely N-dealkylation sites (tertiary alicyclic amines) is 1. The number of carbonyl (C=O) groups excluding carboxylic acids is 1. The number of alkyl halides is 1. The van der Waals surface area contributed by atoms with Gasteiger partial charge in [-0.15, -0.1) is 11.3 Å². The topological polar surface area (TPSA) is 85.8 Å². The minimum Gasteiger partial charge on any atom is -0.496 e. The van der Waals surface area contributed by atoms with Gasteiger partial charge in [0.25, 0.3) is 5.91 Å². The van der Waals surface area contributed by atoms with Gasteiger partial charge in [-0.2, -0.15) is 0 Å². The van der Waals surface area contributed by atoms with E-state index < -0.39 is 6.17 Å². The molecule has 4 aromatic rings. The van der Waals surface area contributed by atoms with Gasteiger partial charge in [-0.05, 0) is 80.8 Å². The quantitative estimate of drug-likeness (QED) is 0.288. The third-order valence-corrected chi connectivity index (χ3v) is 10.6. The zero-order valence-electron chi connectivity index (χ0n) is 25.1. The van der Waals surface area contributed by atoms with Crippen molar-refractivity contribution in [2.75, 3.05) is 45.3 Å². The van der Waals surface area contributed by atoms with Crippen molar-refractivity contribution in [2.45, 2.75) is 63.9 Å². The van der Waals surface area contributed by atoms with Crippen LogP contribution in [-0.4, -0.2) is 79.1 Å². The molecule has 10 heteroatoms. The van der Waals surface area contributed by atoms with Crippen LogP contribution in [0.15, 0.2) is 30.3 Å². The number of thiophene rings is 1. The van der Waals surface area contributed by atoms with Crippen molar-refractivity contribution in [3.8, 4) is 16.3 Å². The Labute approximate surface area is 255 Å². The first-order valence-electron chi connectivity index (χ1n) is 15.4. The lowest BCUT2D eigenvalue weighted by atomic mass is 10.0. The predicted molar refractivity (Wildman–Crippen MR) is 170 cm³/mol. The van der Waals surface area contributed by atoms with E-state index in [9.17, 15) is 9.18 Å². The number of nitrogens with zero attached hydrogens (tertiary/aromatic N) is 4. The molecule has 3 fully saturated rings. The molecule has 2 aliphatic heterocycles. The second-order valence-electron chi connectivity index (χ2n) is 12.5. The van der Waals surface area contributed by atoms with Crippen LogP contribution in [0.1, 0.15) is 48.0 Å². The maximum absolute atomic E-state index is 14.3. The summed E-state index contributed by atoms with van der Waals surface area (Å²) in [5.74, 6) is 2.14. The fraction of sp³-hybridized carbons (Fsp3) is 0.515. The van der Waals surface area contributed by atoms with Crippen LogP contribution in [-0.2, 0) is 11.3 Å². The molecule has 7 rings (SSSR count). The number of anilines is 1. The summed E-state index contributed by atoms with van der Waals surface area (Å²) in [6.07, 6.45) is 4.02. The molecule has 1 saturated carbocycles. The van der Waals surface area contributed by atoms with Gasteiger partial charge in [0.15, 0.2) is 0 Å². The molecule has 3 aromatic heterocycles. The highest BCUT2D eigenvalue weighted by atomic mass is 32.1. The first-order chi connectivity index (χ1) is 20.8. The Morgan fingerprint density at radius 3 is 2.60 bits per heavy atom. The van der Waals surface area contributed by atoms with E-state index in [0.717, 1.165) is 75.5 Å². The highest BCUT2D eigenvalue weighted by Crippen LogP contribution is 2.45. The molecule has 0 unspecified atom stereocenters. The number of hydrogen-bond acceptors (Lipinski definition) is 7. The van der Waals surface area contributed by atoms with Crippen molar-refractivity contribution in [3.63, 3.8) is 0 Å². The number of nitrogens with two attached hydrogens (primary N) is 1. The molecule has 5 heterocycles. The molecule has 3 aliphatic rings. The lowest BCUT2D eigenvalue weighted by molar-refractivity contribution is 0.0606. The molecule has 1 aliphatic carbocycles. The number of rotatable bonds is 7. The summed E-state index contributed by atoms with van der Waals surface area (Å²) in [6, 6.07) is 9.99. The van der Waals surface area contributed by atoms with Crippen molar-refractivity contribution < 1.29 is 18.7 Å². The van der Waals surface area contributed by atoms with Gasteiger partial charge < -0.3 is 29.6 Å². The number of fused-ring (bicyclic) bond motifs is 2. The molecule has 8 nitrogen and oxygen atoms in total. The molecule has 228 valence electrons. The Morgan fingerprint density at radius 2 is 1.91 bits per heavy atom. The molecular formula is C33H40FN5O3S. The maximum atomic E-state index is 14.3. The first kappa shape index (κ1) is 28.6. The number of aryl methyl sites for hydroxylation is 1. The molecule has 1 amide bonds. The number of piperidine rings is 2. The molecular weight excluding hydrogens is 565 g/mol. The van der Waals surface area contributed by atoms with Crippen molar-refractivity contribution >= 4 is 44.2 Å². The summed E-state index contributed by atoms with van der Waals surface area (Å²) in [6.45, 7) is 5.39. The summed E-state index contributed by atoms with van der Waals surface area (Å²) in [5, 5.41) is 2.14. The standard InChI is InChI=1S/C33H40FN5O3S/c1-19-30-27(42-3)13-22(33(40)38-17-23(34)15-24(35)18-38)14-28(30)43-31(19)26-12-21-6-7-29(37-10-8-25(41-2)9-11-37)36-32(21)39(26)16-20-4-5-20/h6-7,12-14,20,23-25H,4-5,8-11,15-18,35H2,1-3H3/t23-,24-/m1/s1. The molecule has 0 bridgehead atoms. The van der Waals surface area contributed by atoms with Gasteiger partial charge in [0.05, 0.1) is 30.3 Å². The highest BCUT2D eigenvalue weighted by Gasteiger charge is 2.31. The second-order valence-corrected chi connectivity index (χ2v) is 13.6. The Bertz CT molecular complexity index is 1660. The van der Waals surface area contributed by atoms with Crippen LogP contribution in [0.5, 0.6) is 5.75 Å². The lowest BCUT2D eigenvalue weighted by Crippen LogP contribution is -2.50. The van der Waals surface area contributed by atoms with E-state index in [1.165, 1.54) is 17.7 Å². The lowest BCUT2D eigenvalue weighted by Gasteiger charge is -2.33. The maximum Gasteiger partial charge on any atom is 0.254 e. The van der Waals surface area contributed by atoms with Gasteiger partial charge in [-0.3, -0.25) is 4.79 Å². The SMILES string of the molecule is COc1cc(C(=O)N2C[C@H](N)C[C@@H](F)C2)cc2sc(-c3cc4ccc(N5CCC(OC)CC5)nc4n3CC3CC3)c(C)c12. The number of benzene rings is 1. The number of carbonyl (C=O) groups is 1. The van der Waals surface area contributed by atoms with Gasteiger partial charge in [-0.1, -0.05) is 0 Å². The molecule has 43 heavy (non-hydrogen) atoms. The third kappa shape index (κ3) is 5.38. The average molecular weight is 606 g/mol. The number of halogens is 1. The van der Waals surface area contributed by atoms with Gasteiger partial charge in [-0.25, -0.2) is 9.37 Å². The summed E-state index contributed by atoms with van der Waals surface area (Å²) in [7, 11) is 3.44. The van der Waals surface area contributed by atoms with E-state index in [1.807, 2.05) is 6.07 Å². The zero-order valence-corrected chi connectivity index (χ0v) is 26.0. The van der Waals surface area contributed by atoms with E-state index in [1.54, 1.807) is 31.6 Å². The number of hydrogen-bond donors (Lipinski definition) is 1. The van der Waals surface area contributed by atoms with E-state index in [4.69, 9.17) is 20.2 Å². The molecule has 2 atom stereocenters. The van der Waals surface area contributed by atoms with Crippen LogP contribution in [0.3, 0.4) is 0 Å². The Hall–Kier alpha value is -3.21. The van der Waals surface area contributed by atoms with Crippen LogP contribution in [0, 0.1) is 12.8 Å². The van der Waals surface area contributed by atoms with Gasteiger partial charge in [0.1, 0.15) is 23.4 Å². The first-order valence-corrected chi connectivity index (χ1v) is 16.2. The zero-order chi connectivity index (χ0) is 29.8. The largest absolute Gasteiger partial charge is 0.496 e. The van der Waals surface area contributed by atoms with Crippen molar-refractivity contribution in [3.05, 3.63) is 41.5 Å². The molecule has 0 spiro atoms. The monoisotopic (exact) mass is 605 g/mol. The molecule has 1 aromatic carbocycles. The van der Waals surface area contributed by atoms with Gasteiger partial charge >= 0.3 is 0 Å². The van der Waals surface area contributed by atoms with E-state index in [0.29, 0.717) is 29.9 Å². The third-order valence-electron chi connectivity index (χ3n) is 9.38. The number of amides is 1. The van der Waals surface area contributed by atoms with Crippen LogP contribution in [0.25, 0.3) is 31.7 Å². The van der Waals surface area contributed by atoms with Crippen LogP contribution >= 0.6 is 11.3 Å². The minimum absolute atomic E-state index is 0.0717. The average Bonchev–Trinajstić information content (AvgIpc) is 3.68. The number of aromatic nitrogens is 2. The fourth-order valence-electron chi connectivity index (χ4n) is 6.84. The summed E-state index contributed by atoms with van der Waals surface area (Å²) in [5.41, 5.74) is 9.85. The molecule has 2 N–H and O–H groups in total. The number of pyridine rings is 1. The fourth-order valence-corrected chi connectivity index (χ4v) is 8.13. The number of ether oxygens (including phenoxy) is 2. The van der Waals surface area contributed by atoms with Crippen LogP contribution in [0.4, 0.5) is 10.2 Å². The van der Waals surface area contributed by atoms with E-state index >= 15 is 0 Å². The normalized spacial score (nSPS) is 21.7. The van der Waals surface area contributed by atoms with E-state index in [-0.39, 0.29) is 24.9 Å². The van der Waals surface area contributed by atoms with Gasteiger partial charge in [0, 0.05) is 60.4 Å². The highest BCUT2D eigenvalue weighted by molar-refractivity contribution is 7.22. The summed E-state index contributed by atoms with van der Waals surface area (Å²) in [4.78, 5) is 23.8. The number of methoxy groups -OCH3 is 2. The van der Waals surface area contributed by atoms with Gasteiger partial charge in [0.2, 0.25) is 0 Å². The second kappa shape index (κ2) is 11.4. The Balaban J connectivity index is 1.29. The van der Waals surface area contributed by atoms with Crippen LogP contribution in [0.2, 0.25) is 0 Å². The smallest absolute Gasteiger partial charge is 0.254 e. The van der Waals surface area contributed by atoms with Crippen molar-refractivity contribution in [1.82, 2.24) is 14.5 Å². The summed E-state index contributed by atoms with van der Waals surface area (Å²) >= 11 is 1.68. The minimum atomic E-state index is -1.10. The van der Waals surface area contributed by atoms with Crippen molar-refractivity contribution in [2.24, 2.45) is 11.7 Å².